The van der Waals surface area contributed by atoms with Crippen LogP contribution in [0.2, 0.25) is 0 Å². The molecule has 0 heterocycles. The molecule has 1 unspecified atom stereocenters. The van der Waals surface area contributed by atoms with Crippen LogP contribution >= 0.6 is 0 Å². The monoisotopic (exact) mass is 175 g/mol. The summed E-state index contributed by atoms with van der Waals surface area (Å²) in [7, 11) is 1.62. The first-order valence-electron chi connectivity index (χ1n) is 4.12. The normalized spacial score (nSPS) is 12.8. The maximum absolute atomic E-state index is 10.9. The maximum atomic E-state index is 10.9. The van der Waals surface area contributed by atoms with E-state index in [1.54, 1.807) is 7.05 Å². The molecule has 0 saturated carbocycles. The summed E-state index contributed by atoms with van der Waals surface area (Å²) < 4.78 is 0. The second-order valence-corrected chi connectivity index (χ2v) is 3.19. The number of rotatable bonds is 3. The Morgan fingerprint density at radius 2 is 2.08 bits per heavy atom. The number of amides is 1. The van der Waals surface area contributed by atoms with E-state index in [1.165, 1.54) is 4.90 Å². The van der Waals surface area contributed by atoms with E-state index in [9.17, 15) is 4.79 Å². The summed E-state index contributed by atoms with van der Waals surface area (Å²) in [6, 6.07) is 0.115. The average Bonchev–Trinajstić information content (AvgIpc) is 2.03. The fourth-order valence-electron chi connectivity index (χ4n) is 1.39. The summed E-state index contributed by atoms with van der Waals surface area (Å²) in [6.45, 7) is 6.04. The van der Waals surface area contributed by atoms with Crippen LogP contribution in [0.1, 0.15) is 27.2 Å². The number of hydrogen-bond donors (Lipinski definition) is 1. The van der Waals surface area contributed by atoms with Crippen molar-refractivity contribution in [3.05, 3.63) is 0 Å². The van der Waals surface area contributed by atoms with Gasteiger partial charge in [-0.3, -0.25) is 4.89 Å². The molecule has 0 spiro atoms. The van der Waals surface area contributed by atoms with Gasteiger partial charge < -0.3 is 4.90 Å². The Morgan fingerprint density at radius 3 is 2.33 bits per heavy atom. The van der Waals surface area contributed by atoms with Gasteiger partial charge in [-0.2, -0.15) is 5.26 Å². The highest BCUT2D eigenvalue weighted by atomic mass is 17.1. The van der Waals surface area contributed by atoms with Crippen LogP contribution in [-0.4, -0.2) is 29.3 Å². The molecule has 0 saturated heterocycles. The van der Waals surface area contributed by atoms with Crippen molar-refractivity contribution in [1.29, 1.82) is 0 Å². The smallest absolute Gasteiger partial charge is 0.306 e. The van der Waals surface area contributed by atoms with Crippen molar-refractivity contribution in [3.63, 3.8) is 0 Å². The van der Waals surface area contributed by atoms with Crippen LogP contribution in [0, 0.1) is 5.92 Å². The van der Waals surface area contributed by atoms with Crippen molar-refractivity contribution in [2.75, 3.05) is 7.05 Å². The van der Waals surface area contributed by atoms with Crippen LogP contribution < -0.4 is 0 Å². The van der Waals surface area contributed by atoms with Crippen LogP contribution in [-0.2, 0) is 4.89 Å². The lowest BCUT2D eigenvalue weighted by Gasteiger charge is -2.28. The summed E-state index contributed by atoms with van der Waals surface area (Å²) >= 11 is 0. The van der Waals surface area contributed by atoms with E-state index in [2.05, 4.69) is 4.89 Å². The molecule has 1 amide bonds. The van der Waals surface area contributed by atoms with Crippen LogP contribution in [0.25, 0.3) is 0 Å². The van der Waals surface area contributed by atoms with Gasteiger partial charge in [-0.05, 0) is 12.3 Å². The highest BCUT2D eigenvalue weighted by molar-refractivity contribution is 5.66. The van der Waals surface area contributed by atoms with E-state index >= 15 is 0 Å². The second kappa shape index (κ2) is 4.98. The van der Waals surface area contributed by atoms with Gasteiger partial charge in [0.25, 0.3) is 0 Å². The molecule has 0 aromatic heterocycles. The van der Waals surface area contributed by atoms with Crippen LogP contribution in [0.5, 0.6) is 0 Å². The molecule has 0 aromatic rings. The van der Waals surface area contributed by atoms with Gasteiger partial charge in [-0.25, -0.2) is 4.79 Å². The summed E-state index contributed by atoms with van der Waals surface area (Å²) in [4.78, 5) is 15.9. The van der Waals surface area contributed by atoms with Crippen molar-refractivity contribution in [2.24, 2.45) is 5.92 Å². The Kier molecular flexibility index (Phi) is 4.66. The molecule has 0 rings (SSSR count). The molecule has 72 valence electrons. The maximum Gasteiger partial charge on any atom is 0.441 e. The number of carbonyl (C=O) groups excluding carboxylic acids is 1. The number of nitrogens with zero attached hydrogens (tertiary/aromatic N) is 1. The summed E-state index contributed by atoms with van der Waals surface area (Å²) in [6.07, 6.45) is 0.152. The second-order valence-electron chi connectivity index (χ2n) is 3.19. The van der Waals surface area contributed by atoms with Crippen molar-refractivity contribution in [2.45, 2.75) is 33.2 Å². The van der Waals surface area contributed by atoms with E-state index in [4.69, 9.17) is 5.26 Å². The van der Waals surface area contributed by atoms with E-state index in [1.807, 2.05) is 20.8 Å². The zero-order chi connectivity index (χ0) is 9.72. The SMILES string of the molecule is CCC(C(C)C)N(C)C(=O)OO. The van der Waals surface area contributed by atoms with Crippen LogP contribution in [0.4, 0.5) is 4.79 Å². The largest absolute Gasteiger partial charge is 0.441 e. The Labute approximate surface area is 73.1 Å². The van der Waals surface area contributed by atoms with Gasteiger partial charge in [0.2, 0.25) is 0 Å². The first kappa shape index (κ1) is 11.2. The van der Waals surface area contributed by atoms with Gasteiger partial charge in [0, 0.05) is 13.1 Å². The molecule has 0 bridgehead atoms. The zero-order valence-corrected chi connectivity index (χ0v) is 8.07. The van der Waals surface area contributed by atoms with Crippen LogP contribution in [0.15, 0.2) is 0 Å². The Hall–Kier alpha value is -0.770. The Bertz CT molecular complexity index is 147. The molecule has 1 N–H and O–H groups in total. The predicted octanol–water partition coefficient (Wildman–Crippen LogP) is 1.96. The van der Waals surface area contributed by atoms with Crippen molar-refractivity contribution >= 4 is 6.09 Å². The predicted molar refractivity (Wildman–Crippen MR) is 45.8 cm³/mol. The lowest BCUT2D eigenvalue weighted by molar-refractivity contribution is -0.189. The molecular formula is C8H17NO3. The molecule has 4 nitrogen and oxygen atoms in total. The van der Waals surface area contributed by atoms with Gasteiger partial charge in [0.1, 0.15) is 0 Å². The zero-order valence-electron chi connectivity index (χ0n) is 8.07. The summed E-state index contributed by atoms with van der Waals surface area (Å²) in [5, 5.41) is 8.14. The molecule has 0 radical (unpaired) electrons. The standard InChI is InChI=1S/C8H17NO3/c1-5-7(6(2)3)9(4)8(10)12-11/h6-7,11H,5H2,1-4H3. The van der Waals surface area contributed by atoms with Crippen molar-refractivity contribution in [1.82, 2.24) is 4.90 Å². The molecule has 1 atom stereocenters. The van der Waals surface area contributed by atoms with Gasteiger partial charge in [-0.15, -0.1) is 0 Å². The van der Waals surface area contributed by atoms with Gasteiger partial charge in [-0.1, -0.05) is 20.8 Å². The molecule has 0 fully saturated rings. The first-order valence-corrected chi connectivity index (χ1v) is 4.12. The fourth-order valence-corrected chi connectivity index (χ4v) is 1.39. The van der Waals surface area contributed by atoms with Gasteiger partial charge >= 0.3 is 6.09 Å². The lowest BCUT2D eigenvalue weighted by atomic mass is 10.0. The first-order chi connectivity index (χ1) is 5.54. The third-order valence-electron chi connectivity index (χ3n) is 2.05. The Morgan fingerprint density at radius 1 is 1.58 bits per heavy atom. The molecule has 0 aromatic carbocycles. The van der Waals surface area contributed by atoms with Crippen molar-refractivity contribution < 1.29 is 14.9 Å². The minimum Gasteiger partial charge on any atom is -0.306 e. The molecule has 0 aliphatic carbocycles. The molecule has 4 heteroatoms. The molecule has 0 aliphatic heterocycles. The lowest BCUT2D eigenvalue weighted by Crippen LogP contribution is -2.39. The quantitative estimate of drug-likeness (QED) is 0.527. The highest BCUT2D eigenvalue weighted by Gasteiger charge is 2.22. The average molecular weight is 175 g/mol. The third-order valence-corrected chi connectivity index (χ3v) is 2.05. The van der Waals surface area contributed by atoms with E-state index < -0.39 is 6.09 Å². The summed E-state index contributed by atoms with van der Waals surface area (Å²) in [5.74, 6) is 0.360. The minimum absolute atomic E-state index is 0.115. The number of hydrogen-bond acceptors (Lipinski definition) is 3. The molecular weight excluding hydrogens is 158 g/mol. The topological polar surface area (TPSA) is 49.8 Å². The van der Waals surface area contributed by atoms with E-state index in [-0.39, 0.29) is 6.04 Å². The molecule has 12 heavy (non-hydrogen) atoms. The van der Waals surface area contributed by atoms with E-state index in [0.29, 0.717) is 5.92 Å². The summed E-state index contributed by atoms with van der Waals surface area (Å²) in [5.41, 5.74) is 0. The van der Waals surface area contributed by atoms with Crippen LogP contribution in [0.3, 0.4) is 0 Å². The molecule has 0 aliphatic rings. The fraction of sp³-hybridized carbons (Fsp3) is 0.875. The van der Waals surface area contributed by atoms with Gasteiger partial charge in [0.15, 0.2) is 0 Å². The Balaban J connectivity index is 4.20. The van der Waals surface area contributed by atoms with Gasteiger partial charge in [0.05, 0.1) is 0 Å². The highest BCUT2D eigenvalue weighted by Crippen LogP contribution is 2.13. The third kappa shape index (κ3) is 2.70. The minimum atomic E-state index is -0.699. The van der Waals surface area contributed by atoms with Crippen molar-refractivity contribution in [3.8, 4) is 0 Å². The number of carbonyl (C=O) groups is 1. The van der Waals surface area contributed by atoms with E-state index in [0.717, 1.165) is 6.42 Å².